The predicted molar refractivity (Wildman–Crippen MR) is 98.6 cm³/mol. The molecule has 2 rings (SSSR count). The lowest BCUT2D eigenvalue weighted by molar-refractivity contribution is -0.135. The first-order valence-electron chi connectivity index (χ1n) is 9.10. The summed E-state index contributed by atoms with van der Waals surface area (Å²) in [6, 6.07) is 6.23. The monoisotopic (exact) mass is 332 g/mol. The Hall–Kier alpha value is -1.55. The number of nitrogens with zero attached hydrogens (tertiary/aromatic N) is 2. The fourth-order valence-corrected chi connectivity index (χ4v) is 3.17. The summed E-state index contributed by atoms with van der Waals surface area (Å²) in [5.41, 5.74) is 2.32. The molecule has 1 heterocycles. The maximum atomic E-state index is 12.4. The van der Waals surface area contributed by atoms with Crippen molar-refractivity contribution in [3.05, 3.63) is 29.3 Å². The Kier molecular flexibility index (Phi) is 6.67. The number of benzene rings is 1. The molecule has 1 aromatic rings. The van der Waals surface area contributed by atoms with Crippen molar-refractivity contribution in [2.45, 2.75) is 40.5 Å². The normalized spacial score (nSPS) is 16.0. The molecule has 0 radical (unpaired) electrons. The average molecular weight is 332 g/mol. The molecule has 0 bridgehead atoms. The number of rotatable bonds is 6. The molecule has 0 aromatic heterocycles. The number of ether oxygens (including phenoxy) is 1. The lowest BCUT2D eigenvalue weighted by Gasteiger charge is -2.35. The first-order valence-corrected chi connectivity index (χ1v) is 9.10. The van der Waals surface area contributed by atoms with Crippen LogP contribution in [0.25, 0.3) is 0 Å². The van der Waals surface area contributed by atoms with Crippen LogP contribution in [-0.2, 0) is 4.79 Å². The number of carbonyl (C=O) groups is 1. The minimum atomic E-state index is 0.0930. The Morgan fingerprint density at radius 2 is 1.79 bits per heavy atom. The molecule has 1 amide bonds. The van der Waals surface area contributed by atoms with Gasteiger partial charge >= 0.3 is 0 Å². The van der Waals surface area contributed by atoms with Gasteiger partial charge in [0.05, 0.1) is 0 Å². The van der Waals surface area contributed by atoms with Crippen molar-refractivity contribution in [2.24, 2.45) is 5.92 Å². The van der Waals surface area contributed by atoms with Gasteiger partial charge in [-0.2, -0.15) is 0 Å². The van der Waals surface area contributed by atoms with Gasteiger partial charge in [0.15, 0.2) is 6.61 Å². The van der Waals surface area contributed by atoms with E-state index in [2.05, 4.69) is 44.7 Å². The van der Waals surface area contributed by atoms with Crippen LogP contribution in [0.4, 0.5) is 0 Å². The van der Waals surface area contributed by atoms with Gasteiger partial charge in [0.2, 0.25) is 0 Å². The predicted octanol–water partition coefficient (Wildman–Crippen LogP) is 3.30. The minimum absolute atomic E-state index is 0.0930. The molecule has 0 unspecified atom stereocenters. The van der Waals surface area contributed by atoms with E-state index >= 15 is 0 Å². The maximum Gasteiger partial charge on any atom is 0.260 e. The van der Waals surface area contributed by atoms with E-state index in [0.29, 0.717) is 11.8 Å². The minimum Gasteiger partial charge on any atom is -0.483 e. The van der Waals surface area contributed by atoms with Crippen molar-refractivity contribution in [3.8, 4) is 5.75 Å². The Labute approximate surface area is 146 Å². The SMILES string of the molecule is Cc1ccc(C(C)C)c(OCC(=O)N2CCN(CC(C)C)CC2)c1. The zero-order chi connectivity index (χ0) is 17.7. The Morgan fingerprint density at radius 3 is 2.38 bits per heavy atom. The van der Waals surface area contributed by atoms with Gasteiger partial charge in [-0.15, -0.1) is 0 Å². The highest BCUT2D eigenvalue weighted by atomic mass is 16.5. The Balaban J connectivity index is 1.87. The second-order valence-corrected chi connectivity index (χ2v) is 7.56. The number of hydrogen-bond donors (Lipinski definition) is 0. The third-order valence-electron chi connectivity index (χ3n) is 4.49. The fourth-order valence-electron chi connectivity index (χ4n) is 3.17. The van der Waals surface area contributed by atoms with Crippen molar-refractivity contribution in [2.75, 3.05) is 39.3 Å². The molecular formula is C20H32N2O2. The van der Waals surface area contributed by atoms with Gasteiger partial charge < -0.3 is 9.64 Å². The first-order chi connectivity index (χ1) is 11.4. The van der Waals surface area contributed by atoms with E-state index < -0.39 is 0 Å². The van der Waals surface area contributed by atoms with Crippen LogP contribution in [0, 0.1) is 12.8 Å². The van der Waals surface area contributed by atoms with Crippen molar-refractivity contribution in [3.63, 3.8) is 0 Å². The number of amides is 1. The molecule has 0 saturated carbocycles. The second-order valence-electron chi connectivity index (χ2n) is 7.56. The van der Waals surface area contributed by atoms with E-state index in [1.54, 1.807) is 0 Å². The van der Waals surface area contributed by atoms with E-state index in [1.165, 1.54) is 0 Å². The molecule has 1 aromatic carbocycles. The second kappa shape index (κ2) is 8.52. The summed E-state index contributed by atoms with van der Waals surface area (Å²) in [5, 5.41) is 0. The molecule has 1 fully saturated rings. The lowest BCUT2D eigenvalue weighted by atomic mass is 10.0. The van der Waals surface area contributed by atoms with E-state index in [4.69, 9.17) is 4.74 Å². The summed E-state index contributed by atoms with van der Waals surface area (Å²) in [6.45, 7) is 15.6. The molecule has 0 aliphatic carbocycles. The Bertz CT molecular complexity index is 547. The van der Waals surface area contributed by atoms with Gasteiger partial charge in [-0.25, -0.2) is 0 Å². The van der Waals surface area contributed by atoms with Gasteiger partial charge in [0.25, 0.3) is 5.91 Å². The summed E-state index contributed by atoms with van der Waals surface area (Å²) >= 11 is 0. The average Bonchev–Trinajstić information content (AvgIpc) is 2.52. The van der Waals surface area contributed by atoms with Crippen molar-refractivity contribution >= 4 is 5.91 Å². The van der Waals surface area contributed by atoms with Crippen LogP contribution in [0.5, 0.6) is 5.75 Å². The van der Waals surface area contributed by atoms with Crippen LogP contribution in [0.15, 0.2) is 18.2 Å². The molecule has 1 aliphatic heterocycles. The number of carbonyl (C=O) groups excluding carboxylic acids is 1. The molecule has 0 spiro atoms. The first kappa shape index (κ1) is 18.8. The molecule has 4 nitrogen and oxygen atoms in total. The topological polar surface area (TPSA) is 32.8 Å². The van der Waals surface area contributed by atoms with Gasteiger partial charge in [-0.3, -0.25) is 9.69 Å². The Morgan fingerprint density at radius 1 is 1.12 bits per heavy atom. The largest absolute Gasteiger partial charge is 0.483 e. The van der Waals surface area contributed by atoms with Crippen LogP contribution < -0.4 is 4.74 Å². The molecule has 1 aliphatic rings. The third-order valence-corrected chi connectivity index (χ3v) is 4.49. The molecule has 134 valence electrons. The summed E-state index contributed by atoms with van der Waals surface area (Å²) in [6.07, 6.45) is 0. The maximum absolute atomic E-state index is 12.4. The molecule has 1 saturated heterocycles. The van der Waals surface area contributed by atoms with Gasteiger partial charge in [0, 0.05) is 32.7 Å². The quantitative estimate of drug-likeness (QED) is 0.801. The molecule has 4 heteroatoms. The van der Waals surface area contributed by atoms with Gasteiger partial charge in [0.1, 0.15) is 5.75 Å². The highest BCUT2D eigenvalue weighted by Gasteiger charge is 2.22. The van der Waals surface area contributed by atoms with Crippen LogP contribution in [0.1, 0.15) is 44.7 Å². The van der Waals surface area contributed by atoms with Gasteiger partial charge in [-0.1, -0.05) is 39.8 Å². The summed E-state index contributed by atoms with van der Waals surface area (Å²) in [5.74, 6) is 1.99. The summed E-state index contributed by atoms with van der Waals surface area (Å²) < 4.78 is 5.88. The molecule has 0 atom stereocenters. The van der Waals surface area contributed by atoms with Gasteiger partial charge in [-0.05, 0) is 36.0 Å². The van der Waals surface area contributed by atoms with E-state index in [1.807, 2.05) is 17.9 Å². The van der Waals surface area contributed by atoms with E-state index in [9.17, 15) is 4.79 Å². The van der Waals surface area contributed by atoms with Crippen molar-refractivity contribution < 1.29 is 9.53 Å². The van der Waals surface area contributed by atoms with Crippen LogP contribution >= 0.6 is 0 Å². The van der Waals surface area contributed by atoms with Crippen molar-refractivity contribution in [1.29, 1.82) is 0 Å². The molecule has 0 N–H and O–H groups in total. The van der Waals surface area contributed by atoms with E-state index in [0.717, 1.165) is 49.6 Å². The zero-order valence-corrected chi connectivity index (χ0v) is 15.8. The lowest BCUT2D eigenvalue weighted by Crippen LogP contribution is -2.50. The van der Waals surface area contributed by atoms with Crippen LogP contribution in [0.2, 0.25) is 0 Å². The molecule has 24 heavy (non-hydrogen) atoms. The zero-order valence-electron chi connectivity index (χ0n) is 15.8. The summed E-state index contributed by atoms with van der Waals surface area (Å²) in [7, 11) is 0. The number of piperazine rings is 1. The standard InChI is InChI=1S/C20H32N2O2/c1-15(2)13-21-8-10-22(11-9-21)20(23)14-24-19-12-17(5)6-7-18(19)16(3)4/h6-7,12,15-16H,8-11,13-14H2,1-5H3. The highest BCUT2D eigenvalue weighted by molar-refractivity contribution is 5.78. The smallest absolute Gasteiger partial charge is 0.260 e. The van der Waals surface area contributed by atoms with Crippen molar-refractivity contribution in [1.82, 2.24) is 9.80 Å². The van der Waals surface area contributed by atoms with E-state index in [-0.39, 0.29) is 12.5 Å². The van der Waals surface area contributed by atoms with Crippen LogP contribution in [-0.4, -0.2) is 55.0 Å². The fraction of sp³-hybridized carbons (Fsp3) is 0.650. The number of aryl methyl sites for hydroxylation is 1. The number of hydrogen-bond acceptors (Lipinski definition) is 3. The molecular weight excluding hydrogens is 300 g/mol. The summed E-state index contributed by atoms with van der Waals surface area (Å²) in [4.78, 5) is 16.8. The highest BCUT2D eigenvalue weighted by Crippen LogP contribution is 2.27. The van der Waals surface area contributed by atoms with Crippen LogP contribution in [0.3, 0.4) is 0 Å². The third kappa shape index (κ3) is 5.23.